The predicted octanol–water partition coefficient (Wildman–Crippen LogP) is 3.88. The van der Waals surface area contributed by atoms with Crippen LogP contribution in [-0.4, -0.2) is 57.1 Å². The number of hydrogen-bond donors (Lipinski definition) is 1. The van der Waals surface area contributed by atoms with Gasteiger partial charge >= 0.3 is 0 Å². The van der Waals surface area contributed by atoms with Crippen molar-refractivity contribution >= 4 is 36.1 Å². The number of carbonyl (C=O) groups is 2. The number of nitrogens with zero attached hydrogens (tertiary/aromatic N) is 1. The number of nitrogens with one attached hydrogen (secondary N) is 1. The van der Waals surface area contributed by atoms with Gasteiger partial charge in [0, 0.05) is 55.7 Å². The van der Waals surface area contributed by atoms with Gasteiger partial charge in [-0.05, 0) is 54.8 Å². The maximum Gasteiger partial charge on any atom is 0.255 e. The van der Waals surface area contributed by atoms with Crippen LogP contribution in [0.4, 0.5) is 0 Å². The molecule has 0 bridgehead atoms. The molecule has 6 nitrogen and oxygen atoms in total. The summed E-state index contributed by atoms with van der Waals surface area (Å²) in [6, 6.07) is 10.6. The molecule has 1 amide bonds. The fraction of sp³-hybridized carbons (Fsp3) is 0.429. The summed E-state index contributed by atoms with van der Waals surface area (Å²) in [6.45, 7) is 10.2. The summed E-state index contributed by atoms with van der Waals surface area (Å²) in [5.74, 6) is 0.761. The average molecular weight is 501 g/mol. The highest BCUT2D eigenvalue weighted by molar-refractivity contribution is 6.30. The molecule has 2 rings (SSSR count). The van der Waals surface area contributed by atoms with Gasteiger partial charge in [-0.3, -0.25) is 9.59 Å². The number of carbonyl (C=O) groups excluding carboxylic acids is 2. The van der Waals surface area contributed by atoms with Crippen LogP contribution in [0.2, 0.25) is 5.02 Å². The molecule has 0 saturated carbocycles. The Morgan fingerprint density at radius 1 is 1.17 bits per heavy atom. The van der Waals surface area contributed by atoms with Crippen LogP contribution < -0.4 is 20.5 Å². The number of benzene rings is 2. The van der Waals surface area contributed by atoms with E-state index >= 15 is 0 Å². The van der Waals surface area contributed by atoms with Crippen LogP contribution in [-0.2, 0) is 4.74 Å². The highest BCUT2D eigenvalue weighted by Crippen LogP contribution is 2.17. The molecule has 2 aromatic carbocycles. The van der Waals surface area contributed by atoms with Crippen molar-refractivity contribution in [2.24, 2.45) is 5.92 Å². The van der Waals surface area contributed by atoms with Gasteiger partial charge in [-0.2, -0.15) is 0 Å². The Morgan fingerprint density at radius 3 is 2.51 bits per heavy atom. The van der Waals surface area contributed by atoms with Crippen molar-refractivity contribution < 1.29 is 19.1 Å². The van der Waals surface area contributed by atoms with E-state index in [1.54, 1.807) is 37.4 Å². The molecule has 0 heterocycles. The third kappa shape index (κ3) is 8.71. The summed E-state index contributed by atoms with van der Waals surface area (Å²) in [7, 11) is 3.58. The average Bonchev–Trinajstić information content (AvgIpc) is 2.84. The number of Topliss-reactive ketones (excluding diaryl/α,β-unsaturated/α-hetero) is 1. The first-order valence-electron chi connectivity index (χ1n) is 12.0. The zero-order valence-corrected chi connectivity index (χ0v) is 22.0. The van der Waals surface area contributed by atoms with Crippen LogP contribution in [0.5, 0.6) is 5.75 Å². The Kier molecular flexibility index (Phi) is 11.8. The molecular weight excluding hydrogens is 464 g/mol. The second-order valence-electron chi connectivity index (χ2n) is 8.51. The number of rotatable bonds is 14. The minimum atomic E-state index is -0.213. The van der Waals surface area contributed by atoms with Gasteiger partial charge in [-0.15, -0.1) is 0 Å². The molecule has 0 aliphatic heterocycles. The maximum atomic E-state index is 12.7. The van der Waals surface area contributed by atoms with Crippen LogP contribution in [0.25, 0.3) is 12.8 Å². The molecule has 1 N–H and O–H groups in total. The van der Waals surface area contributed by atoms with E-state index in [0.717, 1.165) is 29.8 Å². The Labute approximate surface area is 213 Å². The first kappa shape index (κ1) is 28.4. The van der Waals surface area contributed by atoms with Gasteiger partial charge in [0.05, 0.1) is 18.8 Å². The smallest absolute Gasteiger partial charge is 0.255 e. The van der Waals surface area contributed by atoms with E-state index in [4.69, 9.17) is 21.1 Å². The normalized spacial score (nSPS) is 12.3. The number of halogens is 1. The van der Waals surface area contributed by atoms with Crippen molar-refractivity contribution in [3.63, 3.8) is 0 Å². The summed E-state index contributed by atoms with van der Waals surface area (Å²) in [5, 5.41) is 5.03. The highest BCUT2D eigenvalue weighted by atomic mass is 35.5. The van der Waals surface area contributed by atoms with Crippen LogP contribution in [0.15, 0.2) is 36.4 Å². The third-order valence-electron chi connectivity index (χ3n) is 5.83. The Balaban J connectivity index is 2.17. The molecule has 0 aliphatic rings. The molecule has 2 aromatic rings. The van der Waals surface area contributed by atoms with E-state index < -0.39 is 0 Å². The van der Waals surface area contributed by atoms with Crippen molar-refractivity contribution in [3.05, 3.63) is 63.0 Å². The molecule has 0 saturated heterocycles. The molecular formula is C28H37ClN2O4. The molecule has 190 valence electrons. The van der Waals surface area contributed by atoms with Gasteiger partial charge in [0.2, 0.25) is 0 Å². The number of amides is 1. The summed E-state index contributed by atoms with van der Waals surface area (Å²) in [4.78, 5) is 27.4. The maximum absolute atomic E-state index is 12.7. The van der Waals surface area contributed by atoms with Crippen molar-refractivity contribution in [2.45, 2.75) is 33.1 Å². The predicted molar refractivity (Wildman–Crippen MR) is 142 cm³/mol. The molecule has 0 radical (unpaired) electrons. The molecule has 0 spiro atoms. The van der Waals surface area contributed by atoms with Crippen molar-refractivity contribution in [3.8, 4) is 5.75 Å². The van der Waals surface area contributed by atoms with E-state index in [-0.39, 0.29) is 11.7 Å². The van der Waals surface area contributed by atoms with Gasteiger partial charge < -0.3 is 19.7 Å². The lowest BCUT2D eigenvalue weighted by molar-refractivity contribution is 0.0931. The minimum absolute atomic E-state index is 0.123. The first-order chi connectivity index (χ1) is 16.8. The topological polar surface area (TPSA) is 67.9 Å². The molecule has 0 aliphatic carbocycles. The van der Waals surface area contributed by atoms with Gasteiger partial charge in [-0.25, -0.2) is 0 Å². The molecule has 1 unspecified atom stereocenters. The zero-order chi connectivity index (χ0) is 25.8. The molecule has 0 aromatic heterocycles. The molecule has 7 heteroatoms. The van der Waals surface area contributed by atoms with E-state index in [2.05, 4.69) is 23.7 Å². The van der Waals surface area contributed by atoms with Crippen molar-refractivity contribution in [1.29, 1.82) is 0 Å². The van der Waals surface area contributed by atoms with Gasteiger partial charge in [0.25, 0.3) is 5.91 Å². The standard InChI is InChI=1S/C28H37ClN2O4/c1-6-21(9-15-26(32)22-10-12-23(29)13-11-22)18-31(4)19-25-20(3)8-14-24(27(25)35-7-2)28(33)30-16-17-34-5/h8,10-14,19,21H,3,6-7,9,15-18H2,1-2,4-5H3,(H,30,33)/b25-19+. The lowest BCUT2D eigenvalue weighted by Gasteiger charge is -2.22. The van der Waals surface area contributed by atoms with Crippen LogP contribution in [0.3, 0.4) is 0 Å². The van der Waals surface area contributed by atoms with Gasteiger partial charge in [0.1, 0.15) is 5.75 Å². The Hall–Kier alpha value is -2.83. The van der Waals surface area contributed by atoms with Crippen molar-refractivity contribution in [1.82, 2.24) is 10.2 Å². The quantitative estimate of drug-likeness (QED) is 0.315. The molecule has 0 fully saturated rings. The second kappa shape index (κ2) is 14.5. The summed E-state index contributed by atoms with van der Waals surface area (Å²) < 4.78 is 10.9. The lowest BCUT2D eigenvalue weighted by atomic mass is 9.96. The largest absolute Gasteiger partial charge is 0.492 e. The highest BCUT2D eigenvalue weighted by Gasteiger charge is 2.16. The van der Waals surface area contributed by atoms with E-state index in [1.807, 2.05) is 26.2 Å². The Morgan fingerprint density at radius 2 is 1.89 bits per heavy atom. The monoisotopic (exact) mass is 500 g/mol. The third-order valence-corrected chi connectivity index (χ3v) is 6.08. The SMILES string of the molecule is C=c1ccc(C(=O)NCCOC)c(OCC)/c1=C/N(C)CC(CC)CCC(=O)c1ccc(Cl)cc1. The fourth-order valence-electron chi connectivity index (χ4n) is 3.84. The van der Waals surface area contributed by atoms with Crippen LogP contribution >= 0.6 is 11.6 Å². The summed E-state index contributed by atoms with van der Waals surface area (Å²) >= 11 is 5.93. The molecule has 1 atom stereocenters. The molecule has 35 heavy (non-hydrogen) atoms. The lowest BCUT2D eigenvalue weighted by Crippen LogP contribution is -2.34. The van der Waals surface area contributed by atoms with Crippen LogP contribution in [0.1, 0.15) is 53.8 Å². The summed E-state index contributed by atoms with van der Waals surface area (Å²) in [6.07, 6.45) is 4.19. The fourth-order valence-corrected chi connectivity index (χ4v) is 3.97. The van der Waals surface area contributed by atoms with Crippen LogP contribution in [0, 0.1) is 5.92 Å². The number of methoxy groups -OCH3 is 1. The van der Waals surface area contributed by atoms with E-state index in [9.17, 15) is 9.59 Å². The van der Waals surface area contributed by atoms with Crippen molar-refractivity contribution in [2.75, 3.05) is 40.5 Å². The first-order valence-corrected chi connectivity index (χ1v) is 12.4. The zero-order valence-electron chi connectivity index (χ0n) is 21.2. The Bertz CT molecular complexity index is 1090. The second-order valence-corrected chi connectivity index (χ2v) is 8.94. The summed E-state index contributed by atoms with van der Waals surface area (Å²) in [5.41, 5.74) is 1.16. The number of hydrogen-bond acceptors (Lipinski definition) is 5. The number of ether oxygens (including phenoxy) is 2. The van der Waals surface area contributed by atoms with E-state index in [1.165, 1.54) is 0 Å². The van der Waals surface area contributed by atoms with Gasteiger partial charge in [0.15, 0.2) is 5.78 Å². The van der Waals surface area contributed by atoms with E-state index in [0.29, 0.717) is 54.0 Å². The van der Waals surface area contributed by atoms with Gasteiger partial charge in [-0.1, -0.05) is 37.6 Å². The minimum Gasteiger partial charge on any atom is -0.492 e. The number of ketones is 1.